The number of aryl methyl sites for hydroxylation is 2. The van der Waals surface area contributed by atoms with Crippen LogP contribution >= 0.6 is 0 Å². The number of hydrogen-bond acceptors (Lipinski definition) is 4. The maximum absolute atomic E-state index is 12.5. The number of H-pyrrole nitrogens is 1. The summed E-state index contributed by atoms with van der Waals surface area (Å²) >= 11 is 0. The van der Waals surface area contributed by atoms with Gasteiger partial charge in [-0.2, -0.15) is 0 Å². The van der Waals surface area contributed by atoms with Crippen molar-refractivity contribution in [2.24, 2.45) is 0 Å². The van der Waals surface area contributed by atoms with Crippen molar-refractivity contribution in [3.63, 3.8) is 0 Å². The Labute approximate surface area is 230 Å². The molecule has 0 saturated carbocycles. The maximum Gasteiger partial charge on any atom is 0.119 e. The van der Waals surface area contributed by atoms with Crippen molar-refractivity contribution in [3.8, 4) is 11.5 Å². The molecule has 0 amide bonds. The minimum absolute atomic E-state index is 0. The fourth-order valence-electron chi connectivity index (χ4n) is 5.99. The Kier molecular flexibility index (Phi) is 8.03. The van der Waals surface area contributed by atoms with E-state index in [1.54, 1.807) is 6.07 Å². The van der Waals surface area contributed by atoms with E-state index in [0.717, 1.165) is 73.5 Å². The molecule has 2 aliphatic rings. The van der Waals surface area contributed by atoms with Crippen molar-refractivity contribution in [3.05, 3.63) is 88.7 Å². The van der Waals surface area contributed by atoms with Crippen molar-refractivity contribution in [2.45, 2.75) is 52.6 Å². The summed E-state index contributed by atoms with van der Waals surface area (Å²) in [6.45, 7) is 4.33. The molecular formula is C33H38FN3O2. The monoisotopic (exact) mass is 527 g/mol. The zero-order valence-electron chi connectivity index (χ0n) is 21.8. The molecular weight excluding hydrogens is 489 g/mol. The molecule has 39 heavy (non-hydrogen) atoms. The lowest BCUT2D eigenvalue weighted by atomic mass is 9.87. The van der Waals surface area contributed by atoms with Crippen LogP contribution < -0.4 is 4.74 Å². The maximum atomic E-state index is 12.5. The topological polar surface area (TPSA) is 61.4 Å². The molecule has 0 unspecified atom stereocenters. The van der Waals surface area contributed by atoms with Gasteiger partial charge >= 0.3 is 0 Å². The Hall–Kier alpha value is -3.64. The number of imidazole rings is 1. The van der Waals surface area contributed by atoms with Gasteiger partial charge in [-0.1, -0.05) is 31.7 Å². The van der Waals surface area contributed by atoms with E-state index in [4.69, 9.17) is 4.74 Å². The van der Waals surface area contributed by atoms with E-state index >= 15 is 0 Å². The SMILES string of the molecule is C.Cc1nc2ccc(C3=C(c4ccc(O[C@H]5CCN(CCCF)C5)cc4)c4ccc(O)cc4CCC3)cc2[nH]1. The number of allylic oxidation sites excluding steroid dienone is 1. The van der Waals surface area contributed by atoms with E-state index in [1.807, 2.05) is 13.0 Å². The van der Waals surface area contributed by atoms with Crippen molar-refractivity contribution in [1.82, 2.24) is 14.9 Å². The van der Waals surface area contributed by atoms with Gasteiger partial charge in [0.25, 0.3) is 0 Å². The van der Waals surface area contributed by atoms with E-state index in [9.17, 15) is 9.50 Å². The number of rotatable bonds is 7. The Morgan fingerprint density at radius 2 is 1.87 bits per heavy atom. The Bertz CT molecular complexity index is 1470. The van der Waals surface area contributed by atoms with Crippen LogP contribution in [0.4, 0.5) is 4.39 Å². The summed E-state index contributed by atoms with van der Waals surface area (Å²) in [7, 11) is 0. The zero-order chi connectivity index (χ0) is 26.1. The lowest BCUT2D eigenvalue weighted by Crippen LogP contribution is -2.26. The van der Waals surface area contributed by atoms with Crippen LogP contribution in [0.3, 0.4) is 0 Å². The van der Waals surface area contributed by atoms with Gasteiger partial charge in [0.2, 0.25) is 0 Å². The Morgan fingerprint density at radius 1 is 1.05 bits per heavy atom. The molecule has 2 N–H and O–H groups in total. The molecule has 1 aliphatic carbocycles. The van der Waals surface area contributed by atoms with Crippen LogP contribution in [0, 0.1) is 6.92 Å². The first-order valence-electron chi connectivity index (χ1n) is 13.6. The third-order valence-electron chi connectivity index (χ3n) is 7.76. The number of ether oxygens (including phenoxy) is 1. The van der Waals surface area contributed by atoms with Crippen molar-refractivity contribution in [1.29, 1.82) is 0 Å². The van der Waals surface area contributed by atoms with Crippen molar-refractivity contribution < 1.29 is 14.2 Å². The van der Waals surface area contributed by atoms with Gasteiger partial charge in [-0.05, 0) is 109 Å². The van der Waals surface area contributed by atoms with Gasteiger partial charge < -0.3 is 14.8 Å². The molecule has 4 aromatic rings. The lowest BCUT2D eigenvalue weighted by molar-refractivity contribution is 0.198. The van der Waals surface area contributed by atoms with Crippen LogP contribution in [0.15, 0.2) is 60.7 Å². The fourth-order valence-corrected chi connectivity index (χ4v) is 5.99. The summed E-state index contributed by atoms with van der Waals surface area (Å²) in [5.41, 5.74) is 9.20. The standard InChI is InChI=1S/C32H34FN3O2.CH4/c1-21-34-30-13-8-24(19-31(30)35-21)28-5-2-4-23-18-25(37)9-12-29(23)32(28)22-6-10-26(11-7-22)38-27-14-17-36(20-27)16-3-15-33;/h6-13,18-19,27,37H,2-5,14-17,20H2,1H3,(H,34,35);1H4/t27-;/m0./s1. The van der Waals surface area contributed by atoms with Crippen LogP contribution in [0.1, 0.15) is 61.2 Å². The second-order valence-electron chi connectivity index (χ2n) is 10.5. The molecule has 2 heterocycles. The number of hydrogen-bond donors (Lipinski definition) is 2. The normalized spacial score (nSPS) is 17.6. The van der Waals surface area contributed by atoms with Gasteiger partial charge in [-0.15, -0.1) is 0 Å². The number of aromatic nitrogens is 2. The van der Waals surface area contributed by atoms with Crippen LogP contribution in [0.5, 0.6) is 11.5 Å². The molecule has 1 saturated heterocycles. The molecule has 1 fully saturated rings. The smallest absolute Gasteiger partial charge is 0.119 e. The number of likely N-dealkylation sites (tertiary alicyclic amines) is 1. The highest BCUT2D eigenvalue weighted by molar-refractivity contribution is 6.01. The van der Waals surface area contributed by atoms with E-state index in [1.165, 1.54) is 27.8 Å². The number of nitrogens with zero attached hydrogens (tertiary/aromatic N) is 2. The van der Waals surface area contributed by atoms with E-state index < -0.39 is 0 Å². The minimum atomic E-state index is -0.264. The van der Waals surface area contributed by atoms with Crippen molar-refractivity contribution >= 4 is 22.2 Å². The molecule has 0 radical (unpaired) electrons. The highest BCUT2D eigenvalue weighted by Gasteiger charge is 2.24. The predicted octanol–water partition coefficient (Wildman–Crippen LogP) is 7.32. The first-order valence-corrected chi connectivity index (χ1v) is 13.6. The number of nitrogens with one attached hydrogen (secondary N) is 1. The number of alkyl halides is 1. The number of benzene rings is 3. The van der Waals surface area contributed by atoms with Gasteiger partial charge in [0, 0.05) is 19.6 Å². The van der Waals surface area contributed by atoms with Crippen LogP contribution in [0.2, 0.25) is 0 Å². The first-order chi connectivity index (χ1) is 18.6. The third kappa shape index (κ3) is 5.71. The summed E-state index contributed by atoms with van der Waals surface area (Å²) in [6.07, 6.45) is 4.57. The van der Waals surface area contributed by atoms with Gasteiger partial charge in [0.1, 0.15) is 23.4 Å². The lowest BCUT2D eigenvalue weighted by Gasteiger charge is -2.18. The second kappa shape index (κ2) is 11.6. The largest absolute Gasteiger partial charge is 0.508 e. The molecule has 6 rings (SSSR count). The van der Waals surface area contributed by atoms with Gasteiger partial charge in [-0.3, -0.25) is 9.29 Å². The summed E-state index contributed by atoms with van der Waals surface area (Å²) < 4.78 is 18.9. The van der Waals surface area contributed by atoms with Crippen molar-refractivity contribution in [2.75, 3.05) is 26.3 Å². The fraction of sp³-hybridized carbons (Fsp3) is 0.364. The summed E-state index contributed by atoms with van der Waals surface area (Å²) in [5.74, 6) is 2.08. The predicted molar refractivity (Wildman–Crippen MR) is 157 cm³/mol. The number of aromatic hydroxyl groups is 1. The average Bonchev–Trinajstić information content (AvgIpc) is 3.47. The van der Waals surface area contributed by atoms with E-state index in [2.05, 4.69) is 63.4 Å². The highest BCUT2D eigenvalue weighted by Crippen LogP contribution is 2.41. The summed E-state index contributed by atoms with van der Waals surface area (Å²) in [4.78, 5) is 10.2. The number of aromatic amines is 1. The molecule has 0 bridgehead atoms. The first kappa shape index (κ1) is 26.9. The molecule has 0 spiro atoms. The highest BCUT2D eigenvalue weighted by atomic mass is 19.1. The molecule has 5 nitrogen and oxygen atoms in total. The van der Waals surface area contributed by atoms with Crippen LogP contribution in [0.25, 0.3) is 22.2 Å². The molecule has 6 heteroatoms. The average molecular weight is 528 g/mol. The summed E-state index contributed by atoms with van der Waals surface area (Å²) in [5, 5.41) is 10.2. The molecule has 1 atom stereocenters. The molecule has 204 valence electrons. The number of fused-ring (bicyclic) bond motifs is 2. The van der Waals surface area contributed by atoms with Gasteiger partial charge in [0.15, 0.2) is 0 Å². The van der Waals surface area contributed by atoms with E-state index in [0.29, 0.717) is 12.2 Å². The van der Waals surface area contributed by atoms with Crippen LogP contribution in [-0.4, -0.2) is 52.4 Å². The molecule has 3 aromatic carbocycles. The zero-order valence-corrected chi connectivity index (χ0v) is 21.8. The molecule has 1 aliphatic heterocycles. The van der Waals surface area contributed by atoms with Gasteiger partial charge in [0.05, 0.1) is 17.7 Å². The van der Waals surface area contributed by atoms with Gasteiger partial charge in [-0.25, -0.2) is 4.98 Å². The minimum Gasteiger partial charge on any atom is -0.508 e. The third-order valence-corrected chi connectivity index (χ3v) is 7.76. The second-order valence-corrected chi connectivity index (χ2v) is 10.5. The van der Waals surface area contributed by atoms with E-state index in [-0.39, 0.29) is 20.2 Å². The quantitative estimate of drug-likeness (QED) is 0.264. The number of phenolic OH excluding ortho intramolecular Hbond substituents is 1. The Balaban J connectivity index is 0.00000308. The summed E-state index contributed by atoms with van der Waals surface area (Å²) in [6, 6.07) is 20.7. The number of phenols is 1. The number of halogens is 1. The molecule has 1 aromatic heterocycles. The van der Waals surface area contributed by atoms with Crippen LogP contribution in [-0.2, 0) is 6.42 Å². The Morgan fingerprint density at radius 3 is 2.69 bits per heavy atom.